The molecule has 1 heteroatoms. The monoisotopic (exact) mass is 239 g/mol. The number of rotatable bonds is 3. The van der Waals surface area contributed by atoms with E-state index in [2.05, 4.69) is 57.2 Å². The second kappa shape index (κ2) is 5.36. The lowest BCUT2D eigenvalue weighted by Gasteiger charge is -2.16. The maximum absolute atomic E-state index is 6.34. The van der Waals surface area contributed by atoms with E-state index in [4.69, 9.17) is 5.73 Å². The van der Waals surface area contributed by atoms with Gasteiger partial charge in [-0.2, -0.15) is 0 Å². The summed E-state index contributed by atoms with van der Waals surface area (Å²) in [6.45, 7) is 6.52. The Morgan fingerprint density at radius 2 is 1.39 bits per heavy atom. The van der Waals surface area contributed by atoms with Gasteiger partial charge in [-0.1, -0.05) is 62.4 Å². The first-order chi connectivity index (χ1) is 8.59. The highest BCUT2D eigenvalue weighted by Crippen LogP contribution is 2.24. The Morgan fingerprint density at radius 3 is 1.94 bits per heavy atom. The van der Waals surface area contributed by atoms with E-state index in [1.165, 1.54) is 22.3 Å². The highest BCUT2D eigenvalue weighted by Gasteiger charge is 2.11. The van der Waals surface area contributed by atoms with E-state index >= 15 is 0 Å². The summed E-state index contributed by atoms with van der Waals surface area (Å²) in [5, 5.41) is 0. The van der Waals surface area contributed by atoms with Crippen molar-refractivity contribution in [2.45, 2.75) is 32.7 Å². The first-order valence-corrected chi connectivity index (χ1v) is 6.50. The number of benzene rings is 2. The van der Waals surface area contributed by atoms with Crippen molar-refractivity contribution < 1.29 is 0 Å². The Morgan fingerprint density at radius 1 is 0.833 bits per heavy atom. The van der Waals surface area contributed by atoms with E-state index in [1.54, 1.807) is 0 Å². The minimum atomic E-state index is -0.0348. The molecule has 0 radical (unpaired) electrons. The average molecular weight is 239 g/mol. The maximum Gasteiger partial charge on any atom is 0.0554 e. The van der Waals surface area contributed by atoms with Crippen molar-refractivity contribution in [1.29, 1.82) is 0 Å². The normalized spacial score (nSPS) is 12.7. The highest BCUT2D eigenvalue weighted by atomic mass is 14.6. The van der Waals surface area contributed by atoms with Crippen molar-refractivity contribution in [2.75, 3.05) is 0 Å². The van der Waals surface area contributed by atoms with Gasteiger partial charge in [0.1, 0.15) is 0 Å². The van der Waals surface area contributed by atoms with Crippen molar-refractivity contribution in [1.82, 2.24) is 0 Å². The maximum atomic E-state index is 6.34. The van der Waals surface area contributed by atoms with Gasteiger partial charge in [0.25, 0.3) is 0 Å². The molecule has 2 rings (SSSR count). The zero-order chi connectivity index (χ0) is 13.1. The van der Waals surface area contributed by atoms with Crippen LogP contribution in [0.4, 0.5) is 0 Å². The summed E-state index contributed by atoms with van der Waals surface area (Å²) in [5.41, 5.74) is 11.3. The van der Waals surface area contributed by atoms with Crippen LogP contribution in [0.1, 0.15) is 48.1 Å². The van der Waals surface area contributed by atoms with Crippen LogP contribution in [0.5, 0.6) is 0 Å². The summed E-state index contributed by atoms with van der Waals surface area (Å²) in [4.78, 5) is 0. The molecule has 0 saturated heterocycles. The van der Waals surface area contributed by atoms with E-state index in [-0.39, 0.29) is 6.04 Å². The van der Waals surface area contributed by atoms with Gasteiger partial charge >= 0.3 is 0 Å². The average Bonchev–Trinajstić information content (AvgIpc) is 2.38. The summed E-state index contributed by atoms with van der Waals surface area (Å²) in [5.74, 6) is 0.564. The fourth-order valence-corrected chi connectivity index (χ4v) is 2.20. The molecule has 94 valence electrons. The van der Waals surface area contributed by atoms with Gasteiger partial charge < -0.3 is 5.73 Å². The highest BCUT2D eigenvalue weighted by molar-refractivity contribution is 5.37. The molecule has 2 aromatic rings. The molecule has 1 atom stereocenters. The molecular weight excluding hydrogens is 218 g/mol. The molecule has 0 aliphatic carbocycles. The molecule has 1 nitrogen and oxygen atoms in total. The first kappa shape index (κ1) is 12.8. The number of aryl methyl sites for hydroxylation is 1. The molecule has 2 aromatic carbocycles. The van der Waals surface area contributed by atoms with E-state index in [1.807, 2.05) is 12.1 Å². The van der Waals surface area contributed by atoms with Gasteiger partial charge in [0.2, 0.25) is 0 Å². The number of hydrogen-bond acceptors (Lipinski definition) is 1. The second-order valence-electron chi connectivity index (χ2n) is 5.16. The Kier molecular flexibility index (Phi) is 3.83. The van der Waals surface area contributed by atoms with Crippen LogP contribution in [0.2, 0.25) is 0 Å². The van der Waals surface area contributed by atoms with Crippen LogP contribution in [0.3, 0.4) is 0 Å². The van der Waals surface area contributed by atoms with Crippen molar-refractivity contribution in [3.05, 3.63) is 70.8 Å². The lowest BCUT2D eigenvalue weighted by molar-refractivity contribution is 0.843. The van der Waals surface area contributed by atoms with Crippen molar-refractivity contribution in [3.8, 4) is 0 Å². The summed E-state index contributed by atoms with van der Waals surface area (Å²) in [6, 6.07) is 16.9. The Hall–Kier alpha value is -1.60. The molecule has 2 N–H and O–H groups in total. The van der Waals surface area contributed by atoms with Crippen LogP contribution in [0, 0.1) is 6.92 Å². The predicted molar refractivity (Wildman–Crippen MR) is 77.7 cm³/mol. The van der Waals surface area contributed by atoms with E-state index in [0.717, 1.165) is 0 Å². The molecule has 0 amide bonds. The third-order valence-electron chi connectivity index (χ3n) is 3.49. The summed E-state index contributed by atoms with van der Waals surface area (Å²) >= 11 is 0. The van der Waals surface area contributed by atoms with E-state index in [0.29, 0.717) is 5.92 Å². The Bertz CT molecular complexity index is 511. The van der Waals surface area contributed by atoms with Crippen molar-refractivity contribution in [2.24, 2.45) is 5.73 Å². The van der Waals surface area contributed by atoms with Gasteiger partial charge in [-0.05, 0) is 35.1 Å². The smallest absolute Gasteiger partial charge is 0.0554 e. The molecular formula is C17H21N. The third-order valence-corrected chi connectivity index (χ3v) is 3.49. The first-order valence-electron chi connectivity index (χ1n) is 6.50. The van der Waals surface area contributed by atoms with Crippen LogP contribution >= 0.6 is 0 Å². The van der Waals surface area contributed by atoms with Gasteiger partial charge in [0.15, 0.2) is 0 Å². The van der Waals surface area contributed by atoms with E-state index in [9.17, 15) is 0 Å². The summed E-state index contributed by atoms with van der Waals surface area (Å²) in [7, 11) is 0. The van der Waals surface area contributed by atoms with Gasteiger partial charge in [0, 0.05) is 0 Å². The minimum Gasteiger partial charge on any atom is -0.320 e. The van der Waals surface area contributed by atoms with Crippen LogP contribution in [0.25, 0.3) is 0 Å². The van der Waals surface area contributed by atoms with Crippen LogP contribution < -0.4 is 5.73 Å². The molecule has 0 aliphatic heterocycles. The Balaban J connectivity index is 2.29. The lowest BCUT2D eigenvalue weighted by atomic mass is 9.94. The van der Waals surface area contributed by atoms with Crippen molar-refractivity contribution in [3.63, 3.8) is 0 Å². The predicted octanol–water partition coefficient (Wildman–Crippen LogP) is 4.17. The SMILES string of the molecule is Cc1ccccc1C(N)c1ccc(C(C)C)cc1. The number of nitrogens with two attached hydrogens (primary N) is 1. The molecule has 0 aliphatic rings. The van der Waals surface area contributed by atoms with E-state index < -0.39 is 0 Å². The molecule has 0 bridgehead atoms. The van der Waals surface area contributed by atoms with Gasteiger partial charge in [-0.25, -0.2) is 0 Å². The van der Waals surface area contributed by atoms with Crippen molar-refractivity contribution >= 4 is 0 Å². The zero-order valence-electron chi connectivity index (χ0n) is 11.4. The lowest BCUT2D eigenvalue weighted by Crippen LogP contribution is -2.13. The Labute approximate surface area is 110 Å². The number of hydrogen-bond donors (Lipinski definition) is 1. The quantitative estimate of drug-likeness (QED) is 0.855. The standard InChI is InChI=1S/C17H21N/c1-12(2)14-8-10-15(11-9-14)17(18)16-7-5-4-6-13(16)3/h4-12,17H,18H2,1-3H3. The molecule has 0 spiro atoms. The van der Waals surface area contributed by atoms with Crippen LogP contribution in [-0.4, -0.2) is 0 Å². The van der Waals surface area contributed by atoms with Gasteiger partial charge in [0.05, 0.1) is 6.04 Å². The largest absolute Gasteiger partial charge is 0.320 e. The molecule has 18 heavy (non-hydrogen) atoms. The zero-order valence-corrected chi connectivity index (χ0v) is 11.4. The fraction of sp³-hybridized carbons (Fsp3) is 0.294. The third kappa shape index (κ3) is 2.62. The molecule has 0 fully saturated rings. The molecule has 0 saturated carbocycles. The fourth-order valence-electron chi connectivity index (χ4n) is 2.20. The van der Waals surface area contributed by atoms with Gasteiger partial charge in [-0.3, -0.25) is 0 Å². The van der Waals surface area contributed by atoms with Crippen LogP contribution in [-0.2, 0) is 0 Å². The van der Waals surface area contributed by atoms with Gasteiger partial charge in [-0.15, -0.1) is 0 Å². The topological polar surface area (TPSA) is 26.0 Å². The molecule has 0 aromatic heterocycles. The van der Waals surface area contributed by atoms with Crippen LogP contribution in [0.15, 0.2) is 48.5 Å². The summed E-state index contributed by atoms with van der Waals surface area (Å²) in [6.07, 6.45) is 0. The molecule has 1 unspecified atom stereocenters. The molecule has 0 heterocycles. The minimum absolute atomic E-state index is 0.0348. The summed E-state index contributed by atoms with van der Waals surface area (Å²) < 4.78 is 0. The second-order valence-corrected chi connectivity index (χ2v) is 5.16.